The monoisotopic (exact) mass is 281 g/mol. The molecule has 0 aliphatic carbocycles. The highest BCUT2D eigenvalue weighted by molar-refractivity contribution is 9.10. The third-order valence-electron chi connectivity index (χ3n) is 2.34. The summed E-state index contributed by atoms with van der Waals surface area (Å²) in [5.41, 5.74) is 0. The third-order valence-corrected chi connectivity index (χ3v) is 4.64. The summed E-state index contributed by atoms with van der Waals surface area (Å²) in [5.74, 6) is 0.764. The largest absolute Gasteiger partial charge is 0.316 e. The highest BCUT2D eigenvalue weighted by Gasteiger charge is 2.18. The molecule has 13 heavy (non-hydrogen) atoms. The van der Waals surface area contributed by atoms with Crippen molar-refractivity contribution in [3.8, 4) is 0 Å². The Hall–Kier alpha value is 0.430. The Morgan fingerprint density at radius 2 is 2.38 bits per heavy atom. The Kier molecular flexibility index (Phi) is 4.23. The van der Waals surface area contributed by atoms with Gasteiger partial charge in [-0.15, -0.1) is 23.7 Å². The van der Waals surface area contributed by atoms with Crippen LogP contribution >= 0.6 is 39.7 Å². The number of hydrogen-bond acceptors (Lipinski definition) is 2. The second-order valence-corrected chi connectivity index (χ2v) is 5.38. The van der Waals surface area contributed by atoms with Gasteiger partial charge in [-0.05, 0) is 41.9 Å². The first-order valence-electron chi connectivity index (χ1n) is 4.24. The predicted molar refractivity (Wildman–Crippen MR) is 64.2 cm³/mol. The molecule has 1 aliphatic heterocycles. The molecule has 0 saturated carbocycles. The van der Waals surface area contributed by atoms with Crippen molar-refractivity contribution in [2.45, 2.75) is 19.3 Å². The number of thiophene rings is 1. The van der Waals surface area contributed by atoms with E-state index >= 15 is 0 Å². The van der Waals surface area contributed by atoms with Gasteiger partial charge in [0.25, 0.3) is 0 Å². The van der Waals surface area contributed by atoms with Gasteiger partial charge in [0.1, 0.15) is 0 Å². The number of nitrogens with one attached hydrogen (secondary N) is 1. The number of rotatable bonds is 1. The first-order valence-corrected chi connectivity index (χ1v) is 5.85. The molecule has 1 nitrogen and oxygen atoms in total. The maximum absolute atomic E-state index is 3.55. The van der Waals surface area contributed by atoms with Crippen molar-refractivity contribution in [2.24, 2.45) is 0 Å². The third kappa shape index (κ3) is 2.46. The van der Waals surface area contributed by atoms with Crippen LogP contribution in [0.5, 0.6) is 0 Å². The summed E-state index contributed by atoms with van der Waals surface area (Å²) in [6.07, 6.45) is 1.30. The van der Waals surface area contributed by atoms with E-state index in [9.17, 15) is 0 Å². The summed E-state index contributed by atoms with van der Waals surface area (Å²) < 4.78 is 1.27. The van der Waals surface area contributed by atoms with Crippen LogP contribution < -0.4 is 5.32 Å². The van der Waals surface area contributed by atoms with Gasteiger partial charge in [0.05, 0.1) is 0 Å². The molecule has 1 aromatic rings. The fourth-order valence-corrected chi connectivity index (χ4v) is 3.28. The molecule has 0 aromatic carbocycles. The molecule has 1 saturated heterocycles. The van der Waals surface area contributed by atoms with E-state index in [1.807, 2.05) is 11.3 Å². The quantitative estimate of drug-likeness (QED) is 0.833. The second kappa shape index (κ2) is 4.78. The average Bonchev–Trinajstić information content (AvgIpc) is 2.61. The van der Waals surface area contributed by atoms with E-state index in [2.05, 4.69) is 34.2 Å². The smallest absolute Gasteiger partial charge is 0.0314 e. The Labute approximate surface area is 97.5 Å². The molecule has 1 unspecified atom stereocenters. The molecule has 0 bridgehead atoms. The maximum atomic E-state index is 3.55. The van der Waals surface area contributed by atoms with Crippen LogP contribution in [0.2, 0.25) is 0 Å². The molecular weight excluding hydrogens is 270 g/mol. The Bertz CT molecular complexity index is 262. The predicted octanol–water partition coefficient (Wildman–Crippen LogP) is 3.32. The molecular formula is C9H13BrClNS. The van der Waals surface area contributed by atoms with Crippen molar-refractivity contribution in [2.75, 3.05) is 13.1 Å². The minimum Gasteiger partial charge on any atom is -0.316 e. The molecule has 1 atom stereocenters. The number of hydrogen-bond donors (Lipinski definition) is 1. The molecule has 2 heterocycles. The van der Waals surface area contributed by atoms with Gasteiger partial charge in [0.15, 0.2) is 0 Å². The van der Waals surface area contributed by atoms with Crippen molar-refractivity contribution >= 4 is 39.7 Å². The summed E-state index contributed by atoms with van der Waals surface area (Å²) in [5, 5.41) is 3.39. The standard InChI is InChI=1S/C9H12BrNS.ClH/c1-6-8(10)4-9(12-6)7-2-3-11-5-7;/h4,7,11H,2-3,5H2,1H3;1H. The van der Waals surface area contributed by atoms with Crippen molar-refractivity contribution in [1.82, 2.24) is 5.32 Å². The van der Waals surface area contributed by atoms with Crippen LogP contribution in [0.15, 0.2) is 10.5 Å². The number of halogens is 2. The molecule has 1 N–H and O–H groups in total. The van der Waals surface area contributed by atoms with Gasteiger partial charge in [-0.25, -0.2) is 0 Å². The van der Waals surface area contributed by atoms with Crippen molar-refractivity contribution < 1.29 is 0 Å². The molecule has 2 rings (SSSR count). The highest BCUT2D eigenvalue weighted by Crippen LogP contribution is 2.33. The lowest BCUT2D eigenvalue weighted by atomic mass is 10.1. The van der Waals surface area contributed by atoms with E-state index in [0.717, 1.165) is 12.5 Å². The zero-order valence-corrected chi connectivity index (χ0v) is 10.7. The van der Waals surface area contributed by atoms with Gasteiger partial charge in [0.2, 0.25) is 0 Å². The summed E-state index contributed by atoms with van der Waals surface area (Å²) >= 11 is 5.48. The zero-order valence-electron chi connectivity index (χ0n) is 7.47. The topological polar surface area (TPSA) is 12.0 Å². The lowest BCUT2D eigenvalue weighted by Gasteiger charge is -2.02. The van der Waals surface area contributed by atoms with Crippen LogP contribution in [-0.2, 0) is 0 Å². The lowest BCUT2D eigenvalue weighted by Crippen LogP contribution is -2.07. The fourth-order valence-electron chi connectivity index (χ4n) is 1.58. The molecule has 0 amide bonds. The van der Waals surface area contributed by atoms with Crippen LogP contribution in [0.25, 0.3) is 0 Å². The van der Waals surface area contributed by atoms with E-state index in [1.165, 1.54) is 27.2 Å². The molecule has 4 heteroatoms. The summed E-state index contributed by atoms with van der Waals surface area (Å²) in [6, 6.07) is 2.28. The summed E-state index contributed by atoms with van der Waals surface area (Å²) in [4.78, 5) is 2.93. The maximum Gasteiger partial charge on any atom is 0.0314 e. The first kappa shape index (κ1) is 11.5. The van der Waals surface area contributed by atoms with Crippen LogP contribution in [0.4, 0.5) is 0 Å². The first-order chi connectivity index (χ1) is 5.77. The van der Waals surface area contributed by atoms with E-state index in [0.29, 0.717) is 0 Å². The van der Waals surface area contributed by atoms with E-state index < -0.39 is 0 Å². The van der Waals surface area contributed by atoms with Gasteiger partial charge in [-0.1, -0.05) is 0 Å². The van der Waals surface area contributed by atoms with E-state index in [4.69, 9.17) is 0 Å². The Morgan fingerprint density at radius 1 is 1.62 bits per heavy atom. The van der Waals surface area contributed by atoms with Crippen LogP contribution in [0, 0.1) is 6.92 Å². The van der Waals surface area contributed by atoms with E-state index in [-0.39, 0.29) is 12.4 Å². The van der Waals surface area contributed by atoms with Crippen molar-refractivity contribution in [1.29, 1.82) is 0 Å². The normalized spacial score (nSPS) is 21.5. The fraction of sp³-hybridized carbons (Fsp3) is 0.556. The second-order valence-electron chi connectivity index (χ2n) is 3.24. The van der Waals surface area contributed by atoms with E-state index in [1.54, 1.807) is 0 Å². The SMILES string of the molecule is Cc1sc(C2CCNC2)cc1Br.Cl. The van der Waals surface area contributed by atoms with Crippen molar-refractivity contribution in [3.05, 3.63) is 20.3 Å². The Balaban J connectivity index is 0.000000845. The molecule has 0 spiro atoms. The van der Waals surface area contributed by atoms with Gasteiger partial charge in [0, 0.05) is 26.7 Å². The van der Waals surface area contributed by atoms with Gasteiger partial charge >= 0.3 is 0 Å². The molecule has 1 fully saturated rings. The lowest BCUT2D eigenvalue weighted by molar-refractivity contribution is 0.779. The highest BCUT2D eigenvalue weighted by atomic mass is 79.9. The van der Waals surface area contributed by atoms with Crippen LogP contribution in [0.1, 0.15) is 22.1 Å². The number of aryl methyl sites for hydroxylation is 1. The molecule has 74 valence electrons. The van der Waals surface area contributed by atoms with Crippen LogP contribution in [0.3, 0.4) is 0 Å². The molecule has 0 radical (unpaired) electrons. The minimum atomic E-state index is 0. The minimum absolute atomic E-state index is 0. The van der Waals surface area contributed by atoms with Crippen molar-refractivity contribution in [3.63, 3.8) is 0 Å². The molecule has 1 aromatic heterocycles. The average molecular weight is 283 g/mol. The summed E-state index contributed by atoms with van der Waals surface area (Å²) in [7, 11) is 0. The molecule has 1 aliphatic rings. The summed E-state index contributed by atoms with van der Waals surface area (Å²) in [6.45, 7) is 4.51. The van der Waals surface area contributed by atoms with Gasteiger partial charge < -0.3 is 5.32 Å². The van der Waals surface area contributed by atoms with Gasteiger partial charge in [-0.3, -0.25) is 0 Å². The Morgan fingerprint density at radius 3 is 2.85 bits per heavy atom. The van der Waals surface area contributed by atoms with Gasteiger partial charge in [-0.2, -0.15) is 0 Å². The zero-order chi connectivity index (χ0) is 8.55. The van der Waals surface area contributed by atoms with Crippen LogP contribution in [-0.4, -0.2) is 13.1 Å².